The van der Waals surface area contributed by atoms with E-state index in [1.54, 1.807) is 0 Å². The first-order valence-electron chi connectivity index (χ1n) is 13.0. The predicted molar refractivity (Wildman–Crippen MR) is 170 cm³/mol. The molecule has 0 aliphatic heterocycles. The Labute approximate surface area is 291 Å². The van der Waals surface area contributed by atoms with Crippen LogP contribution in [0.4, 0.5) is 37.2 Å². The molecule has 0 radical (unpaired) electrons. The number of nitrogen functional groups attached to an aromatic ring is 1. The highest BCUT2D eigenvalue weighted by atomic mass is 32.3. The van der Waals surface area contributed by atoms with E-state index >= 15 is 0 Å². The largest absolute Gasteiger partial charge is 0.505 e. The monoisotopic (exact) mass is 831 g/mol. The van der Waals surface area contributed by atoms with Crippen molar-refractivity contribution in [1.82, 2.24) is 0 Å². The van der Waals surface area contributed by atoms with Crippen LogP contribution >= 0.6 is 0 Å². The summed E-state index contributed by atoms with van der Waals surface area (Å²) in [5.41, 5.74) is 1.80. The summed E-state index contributed by atoms with van der Waals surface area (Å²) >= 11 is 0. The molecule has 0 atom stereocenters. The molecule has 0 amide bonds. The number of sulfone groups is 1. The van der Waals surface area contributed by atoms with Crippen LogP contribution in [0.2, 0.25) is 0 Å². The summed E-state index contributed by atoms with van der Waals surface area (Å²) in [5.74, 6) is -5.53. The number of nitrogens with zero attached hydrogens (tertiary/aromatic N) is 4. The number of halogens is 2. The maximum atomic E-state index is 14.5. The van der Waals surface area contributed by atoms with Crippen molar-refractivity contribution >= 4 is 89.8 Å². The Bertz CT molecular complexity index is 2760. The fourth-order valence-corrected chi connectivity index (χ4v) is 7.57. The second kappa shape index (κ2) is 14.1. The highest BCUT2D eigenvalue weighted by Crippen LogP contribution is 2.48. The summed E-state index contributed by atoms with van der Waals surface area (Å²) in [5, 5.41) is 23.7. The van der Waals surface area contributed by atoms with Crippen LogP contribution < -0.4 is 5.73 Å². The van der Waals surface area contributed by atoms with Gasteiger partial charge in [-0.1, -0.05) is 0 Å². The van der Waals surface area contributed by atoms with Gasteiger partial charge in [-0.2, -0.15) is 38.8 Å². The molecule has 0 fully saturated rings. The van der Waals surface area contributed by atoms with Gasteiger partial charge in [0.25, 0.3) is 30.4 Å². The Morgan fingerprint density at radius 3 is 1.69 bits per heavy atom. The first kappa shape index (κ1) is 40.1. The summed E-state index contributed by atoms with van der Waals surface area (Å²) in [4.78, 5) is -4.32. The molecule has 0 aliphatic rings. The molecule has 0 heterocycles. The molecule has 4 aromatic rings. The van der Waals surface area contributed by atoms with Gasteiger partial charge in [0.1, 0.15) is 37.6 Å². The van der Waals surface area contributed by atoms with E-state index in [2.05, 4.69) is 24.6 Å². The molecule has 4 aromatic carbocycles. The van der Waals surface area contributed by atoms with E-state index in [0.29, 0.717) is 12.1 Å². The van der Waals surface area contributed by atoms with Gasteiger partial charge in [0, 0.05) is 12.1 Å². The molecule has 0 aliphatic carbocycles. The number of benzene rings is 4. The van der Waals surface area contributed by atoms with E-state index in [1.165, 1.54) is 0 Å². The van der Waals surface area contributed by atoms with Crippen molar-refractivity contribution in [2.24, 2.45) is 20.5 Å². The van der Waals surface area contributed by atoms with Gasteiger partial charge in [-0.05, 0) is 41.8 Å². The lowest BCUT2D eigenvalue weighted by atomic mass is 10.1. The van der Waals surface area contributed by atoms with E-state index in [4.69, 9.17) is 14.8 Å². The quantitative estimate of drug-likeness (QED) is 0.0675. The Kier molecular flexibility index (Phi) is 10.8. The van der Waals surface area contributed by atoms with Crippen LogP contribution in [0.15, 0.2) is 88.6 Å². The van der Waals surface area contributed by atoms with Crippen molar-refractivity contribution in [3.8, 4) is 5.75 Å². The van der Waals surface area contributed by atoms with Crippen LogP contribution in [-0.4, -0.2) is 77.8 Å². The third-order valence-corrected chi connectivity index (χ3v) is 11.2. The van der Waals surface area contributed by atoms with E-state index in [1.807, 2.05) is 0 Å². The number of hydrogen-bond donors (Lipinski definition) is 6. The SMILES string of the molecule is Nc1c(N=Nc2ccc(S(=O)(=O)CCOS(=O)(=O)O)cc2)c(S(=O)(=O)O)cc2cc(S(=O)(=O)O)c(N=Nc3cc(F)c(S(=O)(=O)O)cc3F)c(O)c12. The molecular formula is C24H19F2N5O16S5. The third-order valence-electron chi connectivity index (χ3n) is 6.45. The lowest BCUT2D eigenvalue weighted by Gasteiger charge is -2.14. The van der Waals surface area contributed by atoms with Gasteiger partial charge < -0.3 is 10.8 Å². The first-order valence-corrected chi connectivity index (χ1v) is 20.4. The van der Waals surface area contributed by atoms with Crippen molar-refractivity contribution in [1.29, 1.82) is 0 Å². The molecule has 0 spiro atoms. The molecular weight excluding hydrogens is 813 g/mol. The lowest BCUT2D eigenvalue weighted by Crippen LogP contribution is -2.15. The Morgan fingerprint density at radius 1 is 0.654 bits per heavy atom. The number of anilines is 1. The molecule has 0 unspecified atom stereocenters. The minimum absolute atomic E-state index is 0.00427. The molecule has 7 N–H and O–H groups in total. The maximum Gasteiger partial charge on any atom is 0.397 e. The van der Waals surface area contributed by atoms with E-state index < -0.39 is 129 Å². The average molecular weight is 832 g/mol. The van der Waals surface area contributed by atoms with E-state index in [-0.39, 0.29) is 22.7 Å². The van der Waals surface area contributed by atoms with Crippen LogP contribution in [0.5, 0.6) is 5.75 Å². The van der Waals surface area contributed by atoms with Gasteiger partial charge in [0.05, 0.1) is 34.0 Å². The van der Waals surface area contributed by atoms with E-state index in [9.17, 15) is 65.1 Å². The normalized spacial score (nSPS) is 13.4. The molecule has 0 saturated carbocycles. The van der Waals surface area contributed by atoms with Crippen LogP contribution in [0.25, 0.3) is 10.8 Å². The smallest absolute Gasteiger partial charge is 0.397 e. The zero-order chi connectivity index (χ0) is 39.2. The molecule has 0 saturated heterocycles. The summed E-state index contributed by atoms with van der Waals surface area (Å²) in [6.07, 6.45) is 0. The topological polar surface area (TPSA) is 357 Å². The van der Waals surface area contributed by atoms with Crippen molar-refractivity contribution in [3.05, 3.63) is 60.2 Å². The molecule has 4 rings (SSSR count). The highest BCUT2D eigenvalue weighted by molar-refractivity contribution is 7.91. The van der Waals surface area contributed by atoms with Crippen molar-refractivity contribution in [3.63, 3.8) is 0 Å². The highest BCUT2D eigenvalue weighted by Gasteiger charge is 2.28. The fourth-order valence-electron chi connectivity index (χ4n) is 4.20. The summed E-state index contributed by atoms with van der Waals surface area (Å²) in [6.45, 7) is -0.927. The molecule has 280 valence electrons. The van der Waals surface area contributed by atoms with Gasteiger partial charge in [-0.25, -0.2) is 21.4 Å². The van der Waals surface area contributed by atoms with Gasteiger partial charge >= 0.3 is 10.4 Å². The van der Waals surface area contributed by atoms with Crippen molar-refractivity contribution in [2.45, 2.75) is 19.6 Å². The number of hydrogen-bond acceptors (Lipinski definition) is 17. The van der Waals surface area contributed by atoms with Crippen molar-refractivity contribution in [2.75, 3.05) is 18.1 Å². The lowest BCUT2D eigenvalue weighted by molar-refractivity contribution is 0.284. The minimum atomic E-state index is -5.42. The second-order valence-corrected chi connectivity index (χ2v) is 17.3. The molecule has 0 bridgehead atoms. The number of rotatable bonds is 12. The Morgan fingerprint density at radius 2 is 1.17 bits per heavy atom. The Hall–Kier alpha value is -4.65. The third kappa shape index (κ3) is 9.04. The number of phenolic OH excluding ortho intramolecular Hbond substituents is 1. The van der Waals surface area contributed by atoms with Gasteiger partial charge in [0.2, 0.25) is 0 Å². The Balaban J connectivity index is 1.86. The number of nitrogens with two attached hydrogens (primary N) is 1. The molecule has 28 heteroatoms. The van der Waals surface area contributed by atoms with E-state index in [0.717, 1.165) is 24.3 Å². The summed E-state index contributed by atoms with van der Waals surface area (Å²) < 4.78 is 188. The fraction of sp³-hybridized carbons (Fsp3) is 0.0833. The van der Waals surface area contributed by atoms with Crippen LogP contribution in [0.3, 0.4) is 0 Å². The van der Waals surface area contributed by atoms with Crippen LogP contribution in [-0.2, 0) is 54.8 Å². The summed E-state index contributed by atoms with van der Waals surface area (Å²) in [6, 6.07) is 5.15. The number of fused-ring (bicyclic) bond motifs is 1. The average Bonchev–Trinajstić information content (AvgIpc) is 2.99. The minimum Gasteiger partial charge on any atom is -0.505 e. The zero-order valence-corrected chi connectivity index (χ0v) is 29.0. The standard InChI is InChI=1S/C24H19F2N5O16S5/c25-14-10-17(49(35,36)37)15(26)9-16(14)29-31-23-19(51(41,42)43)8-11-7-18(50(38,39)40)22(21(27)20(11)24(23)32)30-28-12-1-3-13(4-2-12)48(33,34)6-5-47-52(44,45)46/h1-4,7-10,32H,5-6,27H2,(H,35,36,37)(H,38,39,40)(H,41,42,43)(H,44,45,46). The van der Waals surface area contributed by atoms with Gasteiger partial charge in [-0.3, -0.25) is 18.2 Å². The van der Waals surface area contributed by atoms with Crippen LogP contribution in [0, 0.1) is 11.6 Å². The summed E-state index contributed by atoms with van der Waals surface area (Å²) in [7, 11) is -25.0. The molecule has 52 heavy (non-hydrogen) atoms. The first-order chi connectivity index (χ1) is 23.7. The van der Waals surface area contributed by atoms with Crippen molar-refractivity contribution < 1.29 is 78.4 Å². The zero-order valence-electron chi connectivity index (χ0n) is 24.9. The number of phenols is 1. The maximum absolute atomic E-state index is 14.5. The number of azo groups is 2. The van der Waals surface area contributed by atoms with Crippen LogP contribution in [0.1, 0.15) is 0 Å². The van der Waals surface area contributed by atoms with Gasteiger partial charge in [-0.15, -0.1) is 15.3 Å². The molecule has 21 nitrogen and oxygen atoms in total. The number of aromatic hydroxyl groups is 1. The predicted octanol–water partition coefficient (Wildman–Crippen LogP) is 3.57. The molecule has 0 aromatic heterocycles. The second-order valence-electron chi connectivity index (χ2n) is 9.93. The van der Waals surface area contributed by atoms with Gasteiger partial charge in [0.15, 0.2) is 21.4 Å².